The van der Waals surface area contributed by atoms with Crippen LogP contribution in [0.3, 0.4) is 0 Å². The summed E-state index contributed by atoms with van der Waals surface area (Å²) in [5, 5.41) is 0.522. The predicted molar refractivity (Wildman–Crippen MR) is 66.2 cm³/mol. The summed E-state index contributed by atoms with van der Waals surface area (Å²) < 4.78 is 5.17. The van der Waals surface area contributed by atoms with E-state index in [0.717, 1.165) is 4.90 Å². The van der Waals surface area contributed by atoms with Gasteiger partial charge in [-0.15, -0.1) is 0 Å². The van der Waals surface area contributed by atoms with Gasteiger partial charge >= 0.3 is 0 Å². The summed E-state index contributed by atoms with van der Waals surface area (Å²) in [7, 11) is 1.52. The van der Waals surface area contributed by atoms with Crippen LogP contribution in [0.4, 0.5) is 0 Å². The van der Waals surface area contributed by atoms with E-state index in [1.807, 2.05) is 0 Å². The zero-order valence-corrected chi connectivity index (χ0v) is 10.6. The number of likely N-dealkylation sites (tertiary alicyclic amines) is 1. The third-order valence-corrected chi connectivity index (χ3v) is 3.08. The Hall–Kier alpha value is -1.59. The van der Waals surface area contributed by atoms with Gasteiger partial charge in [0, 0.05) is 10.6 Å². The highest BCUT2D eigenvalue weighted by Crippen LogP contribution is 2.25. The molecule has 0 aromatic heterocycles. The van der Waals surface area contributed by atoms with Crippen LogP contribution in [0.15, 0.2) is 18.2 Å². The molecule has 5 nitrogen and oxygen atoms in total. The standard InChI is InChI=1S/C12H13ClN2O3/c1-18-10-3-2-8(13)4-7(10)6-15-11(16)5-9(14)12(15)17/h2-4,9H,5-6,14H2,1H3. The lowest BCUT2D eigenvalue weighted by Crippen LogP contribution is -2.34. The van der Waals surface area contributed by atoms with E-state index < -0.39 is 6.04 Å². The number of hydrogen-bond donors (Lipinski definition) is 1. The van der Waals surface area contributed by atoms with E-state index >= 15 is 0 Å². The van der Waals surface area contributed by atoms with Crippen LogP contribution in [0.2, 0.25) is 5.02 Å². The molecule has 1 aromatic rings. The summed E-state index contributed by atoms with van der Waals surface area (Å²) in [6.07, 6.45) is 0.0573. The highest BCUT2D eigenvalue weighted by molar-refractivity contribution is 6.30. The summed E-state index contributed by atoms with van der Waals surface area (Å²) in [5.41, 5.74) is 6.23. The molecule has 1 aliphatic rings. The Kier molecular flexibility index (Phi) is 3.54. The van der Waals surface area contributed by atoms with Crippen molar-refractivity contribution in [3.63, 3.8) is 0 Å². The van der Waals surface area contributed by atoms with Gasteiger partial charge < -0.3 is 10.5 Å². The largest absolute Gasteiger partial charge is 0.496 e. The van der Waals surface area contributed by atoms with Crippen LogP contribution in [0.1, 0.15) is 12.0 Å². The lowest BCUT2D eigenvalue weighted by Gasteiger charge is -2.16. The van der Waals surface area contributed by atoms with Gasteiger partial charge in [0.2, 0.25) is 11.8 Å². The number of hydrogen-bond acceptors (Lipinski definition) is 4. The van der Waals surface area contributed by atoms with Crippen LogP contribution in [-0.2, 0) is 16.1 Å². The molecule has 1 aliphatic heterocycles. The smallest absolute Gasteiger partial charge is 0.246 e. The molecule has 0 aliphatic carbocycles. The van der Waals surface area contributed by atoms with E-state index in [-0.39, 0.29) is 24.8 Å². The number of imide groups is 1. The number of rotatable bonds is 3. The van der Waals surface area contributed by atoms with Gasteiger partial charge in [0.25, 0.3) is 0 Å². The van der Waals surface area contributed by atoms with Crippen molar-refractivity contribution in [1.29, 1.82) is 0 Å². The third kappa shape index (κ3) is 2.32. The Morgan fingerprint density at radius 3 is 2.78 bits per heavy atom. The van der Waals surface area contributed by atoms with Gasteiger partial charge in [0.1, 0.15) is 5.75 Å². The molecule has 1 saturated heterocycles. The van der Waals surface area contributed by atoms with E-state index in [1.54, 1.807) is 18.2 Å². The lowest BCUT2D eigenvalue weighted by atomic mass is 10.2. The fourth-order valence-electron chi connectivity index (χ4n) is 1.92. The lowest BCUT2D eigenvalue weighted by molar-refractivity contribution is -0.139. The minimum absolute atomic E-state index is 0.0573. The van der Waals surface area contributed by atoms with Crippen LogP contribution >= 0.6 is 11.6 Å². The maximum Gasteiger partial charge on any atom is 0.246 e. The molecule has 1 heterocycles. The molecular weight excluding hydrogens is 256 g/mol. The fraction of sp³-hybridized carbons (Fsp3) is 0.333. The number of amides is 2. The van der Waals surface area contributed by atoms with Crippen LogP contribution in [-0.4, -0.2) is 29.9 Å². The van der Waals surface area contributed by atoms with E-state index in [9.17, 15) is 9.59 Å². The van der Waals surface area contributed by atoms with Crippen molar-refractivity contribution < 1.29 is 14.3 Å². The first kappa shape index (κ1) is 12.9. The maximum atomic E-state index is 11.7. The molecule has 2 rings (SSSR count). The number of nitrogens with zero attached hydrogens (tertiary/aromatic N) is 1. The number of methoxy groups -OCH3 is 1. The topological polar surface area (TPSA) is 72.6 Å². The Morgan fingerprint density at radius 2 is 2.22 bits per heavy atom. The zero-order chi connectivity index (χ0) is 13.3. The molecule has 0 radical (unpaired) electrons. The summed E-state index contributed by atoms with van der Waals surface area (Å²) in [5.74, 6) is -0.0444. The zero-order valence-electron chi connectivity index (χ0n) is 9.85. The first-order valence-electron chi connectivity index (χ1n) is 5.45. The first-order chi connectivity index (χ1) is 8.52. The Balaban J connectivity index is 2.26. The van der Waals surface area contributed by atoms with E-state index in [2.05, 4.69) is 0 Å². The molecule has 0 saturated carbocycles. The molecule has 18 heavy (non-hydrogen) atoms. The second-order valence-corrected chi connectivity index (χ2v) is 4.52. The second-order valence-electron chi connectivity index (χ2n) is 4.08. The van der Waals surface area contributed by atoms with Crippen molar-refractivity contribution in [2.75, 3.05) is 7.11 Å². The van der Waals surface area contributed by atoms with Gasteiger partial charge in [-0.1, -0.05) is 11.6 Å². The Bertz CT molecular complexity index is 504. The number of halogens is 1. The van der Waals surface area contributed by atoms with Crippen LogP contribution in [0, 0.1) is 0 Å². The number of carbonyl (C=O) groups excluding carboxylic acids is 2. The number of carbonyl (C=O) groups is 2. The van der Waals surface area contributed by atoms with Crippen LogP contribution in [0.5, 0.6) is 5.75 Å². The van der Waals surface area contributed by atoms with Crippen LogP contribution in [0.25, 0.3) is 0 Å². The van der Waals surface area contributed by atoms with Crippen LogP contribution < -0.4 is 10.5 Å². The Morgan fingerprint density at radius 1 is 1.50 bits per heavy atom. The maximum absolute atomic E-state index is 11.7. The molecule has 0 spiro atoms. The molecule has 2 N–H and O–H groups in total. The monoisotopic (exact) mass is 268 g/mol. The summed E-state index contributed by atoms with van der Waals surface area (Å²) in [6.45, 7) is 0.134. The molecule has 6 heteroatoms. The van der Waals surface area contributed by atoms with Gasteiger partial charge in [-0.3, -0.25) is 14.5 Å². The van der Waals surface area contributed by atoms with Crippen molar-refractivity contribution in [3.05, 3.63) is 28.8 Å². The van der Waals surface area contributed by atoms with E-state index in [0.29, 0.717) is 16.3 Å². The molecule has 1 aromatic carbocycles. The van der Waals surface area contributed by atoms with Gasteiger partial charge in [0.15, 0.2) is 0 Å². The average molecular weight is 269 g/mol. The number of ether oxygens (including phenoxy) is 1. The van der Waals surface area contributed by atoms with Crippen molar-refractivity contribution in [2.24, 2.45) is 5.73 Å². The SMILES string of the molecule is COc1ccc(Cl)cc1CN1C(=O)CC(N)C1=O. The molecule has 1 atom stereocenters. The molecule has 1 fully saturated rings. The molecule has 96 valence electrons. The van der Waals surface area contributed by atoms with E-state index in [1.165, 1.54) is 7.11 Å². The fourth-order valence-corrected chi connectivity index (χ4v) is 2.11. The van der Waals surface area contributed by atoms with Crippen molar-refractivity contribution in [1.82, 2.24) is 4.90 Å². The summed E-state index contributed by atoms with van der Waals surface area (Å²) in [6, 6.07) is 4.32. The minimum Gasteiger partial charge on any atom is -0.496 e. The predicted octanol–water partition coefficient (Wildman–Crippen LogP) is 0.935. The normalized spacial score (nSPS) is 19.5. The molecular formula is C12H13ClN2O3. The van der Waals surface area contributed by atoms with Gasteiger partial charge in [-0.2, -0.15) is 0 Å². The second kappa shape index (κ2) is 4.96. The molecule has 0 bridgehead atoms. The first-order valence-corrected chi connectivity index (χ1v) is 5.83. The molecule has 2 amide bonds. The van der Waals surface area contributed by atoms with Gasteiger partial charge in [-0.05, 0) is 18.2 Å². The Labute approximate surface area is 109 Å². The van der Waals surface area contributed by atoms with E-state index in [4.69, 9.17) is 22.1 Å². The number of benzene rings is 1. The third-order valence-electron chi connectivity index (χ3n) is 2.85. The molecule has 1 unspecified atom stereocenters. The van der Waals surface area contributed by atoms with Gasteiger partial charge in [0.05, 0.1) is 26.1 Å². The average Bonchev–Trinajstić information content (AvgIpc) is 2.56. The minimum atomic E-state index is -0.734. The highest BCUT2D eigenvalue weighted by Gasteiger charge is 2.36. The highest BCUT2D eigenvalue weighted by atomic mass is 35.5. The van der Waals surface area contributed by atoms with Crippen molar-refractivity contribution in [3.8, 4) is 5.75 Å². The van der Waals surface area contributed by atoms with Gasteiger partial charge in [-0.25, -0.2) is 0 Å². The van der Waals surface area contributed by atoms with Crippen molar-refractivity contribution in [2.45, 2.75) is 19.0 Å². The van der Waals surface area contributed by atoms with Crippen molar-refractivity contribution >= 4 is 23.4 Å². The number of nitrogens with two attached hydrogens (primary N) is 1. The summed E-state index contributed by atoms with van der Waals surface area (Å²) in [4.78, 5) is 24.5. The summed E-state index contributed by atoms with van der Waals surface area (Å²) >= 11 is 5.89. The quantitative estimate of drug-likeness (QED) is 0.828.